The third kappa shape index (κ3) is 6.78. The van der Waals surface area contributed by atoms with E-state index >= 15 is 0 Å². The summed E-state index contributed by atoms with van der Waals surface area (Å²) in [6.07, 6.45) is 0. The Kier molecular flexibility index (Phi) is 9.57. The zero-order valence-corrected chi connectivity index (χ0v) is 37.2. The van der Waals surface area contributed by atoms with E-state index in [9.17, 15) is 10.5 Å². The number of hydrogen-bond acceptors (Lipinski definition) is 5. The van der Waals surface area contributed by atoms with Gasteiger partial charge in [0.1, 0.15) is 0 Å². The van der Waals surface area contributed by atoms with Crippen LogP contribution in [0.3, 0.4) is 0 Å². The van der Waals surface area contributed by atoms with Crippen LogP contribution in [0.4, 0.5) is 0 Å². The van der Waals surface area contributed by atoms with Crippen LogP contribution in [0.2, 0.25) is 0 Å². The molecule has 0 aliphatic heterocycles. The fourth-order valence-electron chi connectivity index (χ4n) is 9.76. The summed E-state index contributed by atoms with van der Waals surface area (Å²) in [5.74, 6) is 1.58. The average Bonchev–Trinajstić information content (AvgIpc) is 3.90. The number of nitriles is 2. The fourth-order valence-corrected chi connectivity index (χ4v) is 9.76. The zero-order valence-electron chi connectivity index (χ0n) is 37.2. The Balaban J connectivity index is 1.12. The van der Waals surface area contributed by atoms with Crippen molar-refractivity contribution in [3.8, 4) is 79.9 Å². The summed E-state index contributed by atoms with van der Waals surface area (Å²) in [6, 6.07) is 73.2. The van der Waals surface area contributed by atoms with Crippen molar-refractivity contribution in [1.82, 2.24) is 24.1 Å². The summed E-state index contributed by atoms with van der Waals surface area (Å²) >= 11 is 0. The van der Waals surface area contributed by atoms with E-state index in [-0.39, 0.29) is 0 Å². The number of nitrogens with zero attached hydrogens (tertiary/aromatic N) is 7. The lowest BCUT2D eigenvalue weighted by Crippen LogP contribution is -2.03. The lowest BCUT2D eigenvalue weighted by Gasteiger charge is -2.17. The maximum absolute atomic E-state index is 9.98. The molecular weight excluding hydrogens is 831 g/mol. The van der Waals surface area contributed by atoms with Gasteiger partial charge in [0.25, 0.3) is 0 Å². The summed E-state index contributed by atoms with van der Waals surface area (Å²) in [6.45, 7) is 4.25. The molecule has 9 aromatic carbocycles. The molecule has 0 fully saturated rings. The van der Waals surface area contributed by atoms with Crippen LogP contribution in [0.1, 0.15) is 22.3 Å². The van der Waals surface area contributed by atoms with Crippen molar-refractivity contribution >= 4 is 43.6 Å². The average molecular weight is 870 g/mol. The van der Waals surface area contributed by atoms with E-state index in [0.717, 1.165) is 93.9 Å². The number of para-hydroxylation sites is 2. The lowest BCUT2D eigenvalue weighted by molar-refractivity contribution is 1.07. The lowest BCUT2D eigenvalue weighted by atomic mass is 9.98. The Morgan fingerprint density at radius 1 is 0.338 bits per heavy atom. The molecule has 0 spiro atoms. The second kappa shape index (κ2) is 16.2. The Labute approximate surface area is 392 Å². The molecule has 12 aromatic rings. The van der Waals surface area contributed by atoms with E-state index in [4.69, 9.17) is 15.0 Å². The maximum atomic E-state index is 9.98. The topological polar surface area (TPSA) is 96.1 Å². The maximum Gasteiger partial charge on any atom is 0.164 e. The van der Waals surface area contributed by atoms with Crippen molar-refractivity contribution in [1.29, 1.82) is 10.5 Å². The number of aromatic nitrogens is 5. The molecule has 0 unspecified atom stereocenters. The molecule has 0 N–H and O–H groups in total. The van der Waals surface area contributed by atoms with Crippen molar-refractivity contribution in [3.63, 3.8) is 0 Å². The van der Waals surface area contributed by atoms with Gasteiger partial charge in [-0.25, -0.2) is 15.0 Å². The van der Waals surface area contributed by atoms with Crippen molar-refractivity contribution in [2.24, 2.45) is 0 Å². The van der Waals surface area contributed by atoms with Gasteiger partial charge in [0.2, 0.25) is 0 Å². The third-order valence-electron chi connectivity index (χ3n) is 12.9. The number of benzene rings is 9. The highest BCUT2D eigenvalue weighted by molar-refractivity contribution is 6.11. The van der Waals surface area contributed by atoms with Gasteiger partial charge in [0.15, 0.2) is 17.5 Å². The van der Waals surface area contributed by atoms with E-state index in [2.05, 4.69) is 169 Å². The first-order chi connectivity index (χ1) is 33.4. The molecule has 7 nitrogen and oxygen atoms in total. The van der Waals surface area contributed by atoms with Crippen molar-refractivity contribution in [2.75, 3.05) is 0 Å². The van der Waals surface area contributed by atoms with Gasteiger partial charge in [-0.15, -0.1) is 0 Å². The number of aryl methyl sites for hydroxylation is 2. The smallest absolute Gasteiger partial charge is 0.164 e. The summed E-state index contributed by atoms with van der Waals surface area (Å²) < 4.78 is 4.64. The van der Waals surface area contributed by atoms with E-state index in [1.807, 2.05) is 66.7 Å². The molecule has 0 saturated heterocycles. The molecular formula is C61H39N7. The molecule has 7 heteroatoms. The summed E-state index contributed by atoms with van der Waals surface area (Å²) in [7, 11) is 0. The summed E-state index contributed by atoms with van der Waals surface area (Å²) in [4.78, 5) is 15.8. The fraction of sp³-hybridized carbons (Fsp3) is 0.0328. The van der Waals surface area contributed by atoms with Crippen molar-refractivity contribution in [3.05, 3.63) is 222 Å². The first-order valence-corrected chi connectivity index (χ1v) is 22.5. The second-order valence-electron chi connectivity index (χ2n) is 17.3. The largest absolute Gasteiger partial charge is 0.309 e. The molecule has 0 amide bonds. The summed E-state index contributed by atoms with van der Waals surface area (Å²) in [5, 5.41) is 24.6. The minimum atomic E-state index is 0.517. The van der Waals surface area contributed by atoms with Gasteiger partial charge in [0, 0.05) is 49.4 Å². The van der Waals surface area contributed by atoms with Crippen LogP contribution in [-0.4, -0.2) is 24.1 Å². The van der Waals surface area contributed by atoms with Crippen LogP contribution in [0.25, 0.3) is 111 Å². The molecule has 318 valence electrons. The molecule has 0 saturated carbocycles. The minimum Gasteiger partial charge on any atom is -0.309 e. The van der Waals surface area contributed by atoms with Gasteiger partial charge in [-0.1, -0.05) is 139 Å². The molecule has 0 atom stereocenters. The van der Waals surface area contributed by atoms with E-state index in [0.29, 0.717) is 28.6 Å². The molecule has 68 heavy (non-hydrogen) atoms. The van der Waals surface area contributed by atoms with Crippen molar-refractivity contribution in [2.45, 2.75) is 13.8 Å². The van der Waals surface area contributed by atoms with E-state index in [1.165, 1.54) is 11.1 Å². The first-order valence-electron chi connectivity index (χ1n) is 22.5. The van der Waals surface area contributed by atoms with Gasteiger partial charge in [-0.05, 0) is 97.8 Å². The first kappa shape index (κ1) is 40.1. The minimum absolute atomic E-state index is 0.517. The monoisotopic (exact) mass is 869 g/mol. The molecule has 0 bridgehead atoms. The van der Waals surface area contributed by atoms with Crippen LogP contribution in [-0.2, 0) is 0 Å². The highest BCUT2D eigenvalue weighted by atomic mass is 15.0. The molecule has 12 rings (SSSR count). The Morgan fingerprint density at radius 3 is 1.22 bits per heavy atom. The Morgan fingerprint density at radius 2 is 0.750 bits per heavy atom. The second-order valence-corrected chi connectivity index (χ2v) is 17.3. The van der Waals surface area contributed by atoms with Crippen LogP contribution in [0.5, 0.6) is 0 Å². The molecule has 3 heterocycles. The normalized spacial score (nSPS) is 11.4. The molecule has 0 aliphatic rings. The standard InChI is InChI=1S/C61H39N7/c1-38-22-28-55-51(30-38)49-18-6-8-20-53(49)67(55)57-34-45(24-26-47(57)43-16-10-12-40(32-43)36-62)60-64-59(42-14-4-3-5-15-42)65-61(66-60)46-25-27-48(44-17-11-13-41(33-44)37-63)58(35-46)68-54-21-9-7-19-50(54)52-31-39(2)23-29-56(52)68/h3-35H,1-2H3. The van der Waals surface area contributed by atoms with Crippen LogP contribution in [0.15, 0.2) is 200 Å². The van der Waals surface area contributed by atoms with Gasteiger partial charge >= 0.3 is 0 Å². The highest BCUT2D eigenvalue weighted by Crippen LogP contribution is 2.41. The van der Waals surface area contributed by atoms with Crippen LogP contribution in [0, 0.1) is 36.5 Å². The third-order valence-corrected chi connectivity index (χ3v) is 12.9. The quantitative estimate of drug-likeness (QED) is 0.159. The van der Waals surface area contributed by atoms with Crippen LogP contribution < -0.4 is 0 Å². The van der Waals surface area contributed by atoms with Gasteiger partial charge < -0.3 is 9.13 Å². The SMILES string of the molecule is Cc1ccc2c(c1)c1ccccc1n2-c1cc(-c2nc(-c3ccccc3)nc(-c3ccc(-c4cccc(C#N)c4)c(-n4c5ccccc5c5cc(C)ccc54)c3)n2)ccc1-c1cccc(C#N)c1. The van der Waals surface area contributed by atoms with Gasteiger partial charge in [-0.2, -0.15) is 10.5 Å². The Bertz CT molecular complexity index is 3840. The molecule has 0 aliphatic carbocycles. The number of hydrogen-bond donors (Lipinski definition) is 0. The van der Waals surface area contributed by atoms with Gasteiger partial charge in [0.05, 0.1) is 56.7 Å². The molecule has 3 aromatic heterocycles. The predicted octanol–water partition coefficient (Wildman–Crippen LogP) is 14.8. The summed E-state index contributed by atoms with van der Waals surface area (Å²) in [5.41, 5.74) is 16.0. The predicted molar refractivity (Wildman–Crippen MR) is 275 cm³/mol. The number of rotatable bonds is 7. The zero-order chi connectivity index (χ0) is 45.9. The van der Waals surface area contributed by atoms with E-state index in [1.54, 1.807) is 0 Å². The van der Waals surface area contributed by atoms with E-state index < -0.39 is 0 Å². The highest BCUT2D eigenvalue weighted by Gasteiger charge is 2.22. The molecule has 0 radical (unpaired) electrons. The Hall–Kier alpha value is -9.43. The number of fused-ring (bicyclic) bond motifs is 6. The van der Waals surface area contributed by atoms with Gasteiger partial charge in [-0.3, -0.25) is 0 Å². The van der Waals surface area contributed by atoms with Crippen LogP contribution >= 0.6 is 0 Å². The van der Waals surface area contributed by atoms with Crippen molar-refractivity contribution < 1.29 is 0 Å².